The summed E-state index contributed by atoms with van der Waals surface area (Å²) in [5.41, 5.74) is 4.10. The molecule has 11 heteroatoms. The second kappa shape index (κ2) is 9.52. The molecule has 11 nitrogen and oxygen atoms in total. The summed E-state index contributed by atoms with van der Waals surface area (Å²) < 4.78 is 9.04. The molecule has 3 aromatic heterocycles. The number of nitrogens with zero attached hydrogens (tertiary/aromatic N) is 7. The van der Waals surface area contributed by atoms with Gasteiger partial charge >= 0.3 is 0 Å². The molecule has 3 aliphatic heterocycles. The smallest absolute Gasteiger partial charge is 0.278 e. The van der Waals surface area contributed by atoms with E-state index in [-0.39, 0.29) is 23.6 Å². The van der Waals surface area contributed by atoms with Crippen molar-refractivity contribution < 1.29 is 9.53 Å². The molecule has 0 saturated heterocycles. The van der Waals surface area contributed by atoms with Crippen LogP contribution < -0.4 is 20.5 Å². The highest BCUT2D eigenvalue weighted by Crippen LogP contribution is 2.53. The van der Waals surface area contributed by atoms with E-state index in [9.17, 15) is 9.59 Å². The zero-order chi connectivity index (χ0) is 28.4. The maximum Gasteiger partial charge on any atom is 0.278 e. The molecule has 0 atom stereocenters. The van der Waals surface area contributed by atoms with Crippen molar-refractivity contribution in [2.24, 2.45) is 0 Å². The predicted molar refractivity (Wildman–Crippen MR) is 159 cm³/mol. The summed E-state index contributed by atoms with van der Waals surface area (Å²) in [4.78, 5) is 44.8. The fourth-order valence-corrected chi connectivity index (χ4v) is 6.64. The van der Waals surface area contributed by atoms with Crippen molar-refractivity contribution in [2.45, 2.75) is 50.6 Å². The molecule has 1 N–H and O–H groups in total. The first-order chi connectivity index (χ1) is 20.5. The van der Waals surface area contributed by atoms with Gasteiger partial charge in [-0.1, -0.05) is 18.2 Å². The van der Waals surface area contributed by atoms with Gasteiger partial charge in [-0.25, -0.2) is 19.3 Å². The van der Waals surface area contributed by atoms with Gasteiger partial charge in [-0.15, -0.1) is 0 Å². The molecule has 1 aliphatic carbocycles. The maximum atomic E-state index is 13.6. The van der Waals surface area contributed by atoms with Crippen LogP contribution in [0.25, 0.3) is 16.9 Å². The number of allylic oxidation sites excluding steroid dienone is 2. The lowest BCUT2D eigenvalue weighted by Gasteiger charge is -2.35. The predicted octanol–water partition coefficient (Wildman–Crippen LogP) is 3.66. The molecule has 8 rings (SSSR count). The standard InChI is InChI=1S/C31H32N8O3/c1-36-16-11-20-7-8-21(17-23(20)31(36)12-13-31)33-30-32-18-22-27(35-30)39-25-10-9-24-28(34-25)37(26(40)19-42-24)14-5-3-2-4-6-15-38(39)29(22)41/h4,6-10,17-18H,2-3,5,11-16,19H2,1H3,(H,32,33,35)/b6-4-. The van der Waals surface area contributed by atoms with E-state index >= 15 is 0 Å². The van der Waals surface area contributed by atoms with Gasteiger partial charge in [0.05, 0.1) is 6.54 Å². The van der Waals surface area contributed by atoms with E-state index < -0.39 is 0 Å². The van der Waals surface area contributed by atoms with Crippen LogP contribution in [0, 0.1) is 0 Å². The van der Waals surface area contributed by atoms with Crippen LogP contribution in [0.3, 0.4) is 0 Å². The van der Waals surface area contributed by atoms with Crippen molar-refractivity contribution in [2.75, 3.05) is 37.0 Å². The van der Waals surface area contributed by atoms with Crippen LogP contribution in [0.2, 0.25) is 0 Å². The summed E-state index contributed by atoms with van der Waals surface area (Å²) in [6.07, 6.45) is 11.7. The molecular formula is C31H32N8O3. The Morgan fingerprint density at radius 1 is 1.02 bits per heavy atom. The molecule has 1 spiro atoms. The summed E-state index contributed by atoms with van der Waals surface area (Å²) in [6.45, 7) is 1.99. The monoisotopic (exact) mass is 564 g/mol. The van der Waals surface area contributed by atoms with Gasteiger partial charge < -0.3 is 10.1 Å². The second-order valence-electron chi connectivity index (χ2n) is 11.6. The third-order valence-electron chi connectivity index (χ3n) is 9.11. The highest BCUT2D eigenvalue weighted by molar-refractivity contribution is 5.96. The van der Waals surface area contributed by atoms with Crippen molar-refractivity contribution in [3.8, 4) is 11.6 Å². The minimum atomic E-state index is -0.202. The lowest BCUT2D eigenvalue weighted by molar-refractivity contribution is -0.121. The zero-order valence-electron chi connectivity index (χ0n) is 23.5. The van der Waals surface area contributed by atoms with E-state index in [1.165, 1.54) is 24.0 Å². The lowest BCUT2D eigenvalue weighted by atomic mass is 9.90. The number of nitrogens with one attached hydrogen (secondary N) is 1. The molecule has 1 saturated carbocycles. The number of benzene rings is 1. The van der Waals surface area contributed by atoms with Crippen LogP contribution >= 0.6 is 0 Å². The third kappa shape index (κ3) is 3.94. The van der Waals surface area contributed by atoms with Gasteiger partial charge in [-0.2, -0.15) is 4.98 Å². The van der Waals surface area contributed by atoms with Crippen molar-refractivity contribution in [3.63, 3.8) is 0 Å². The number of amides is 1. The highest BCUT2D eigenvalue weighted by atomic mass is 16.5. The number of carbonyl (C=O) groups excluding carboxylic acids is 1. The Morgan fingerprint density at radius 2 is 1.93 bits per heavy atom. The quantitative estimate of drug-likeness (QED) is 0.368. The van der Waals surface area contributed by atoms with Crippen molar-refractivity contribution in [3.05, 3.63) is 70.2 Å². The molecule has 42 heavy (non-hydrogen) atoms. The first-order valence-corrected chi connectivity index (χ1v) is 14.7. The summed E-state index contributed by atoms with van der Waals surface area (Å²) in [5, 5.41) is 3.79. The first kappa shape index (κ1) is 25.2. The second-order valence-corrected chi connectivity index (χ2v) is 11.6. The Bertz CT molecular complexity index is 1840. The molecular weight excluding hydrogens is 532 g/mol. The van der Waals surface area contributed by atoms with Crippen molar-refractivity contribution in [1.82, 2.24) is 29.2 Å². The molecule has 0 radical (unpaired) electrons. The average molecular weight is 565 g/mol. The van der Waals surface area contributed by atoms with Gasteiger partial charge in [0.25, 0.3) is 11.5 Å². The number of pyridine rings is 1. The van der Waals surface area contributed by atoms with Crippen molar-refractivity contribution in [1.29, 1.82) is 0 Å². The topological polar surface area (TPSA) is 110 Å². The van der Waals surface area contributed by atoms with Crippen LogP contribution in [-0.4, -0.2) is 61.9 Å². The number of anilines is 3. The first-order valence-electron chi connectivity index (χ1n) is 14.7. The molecule has 4 aromatic rings. The van der Waals surface area contributed by atoms with E-state index in [0.29, 0.717) is 47.5 Å². The van der Waals surface area contributed by atoms with Crippen LogP contribution in [0.1, 0.15) is 43.2 Å². The molecule has 4 aliphatic rings. The molecule has 2 bridgehead atoms. The number of likely N-dealkylation sites (N-methyl/N-ethyl adjacent to an activating group) is 1. The van der Waals surface area contributed by atoms with Gasteiger partial charge in [0.2, 0.25) is 5.95 Å². The number of hydrogen-bond donors (Lipinski definition) is 1. The van der Waals surface area contributed by atoms with Gasteiger partial charge in [-0.05, 0) is 81.0 Å². The summed E-state index contributed by atoms with van der Waals surface area (Å²) in [6, 6.07) is 10.1. The van der Waals surface area contributed by atoms with Crippen molar-refractivity contribution >= 4 is 34.4 Å². The number of carbonyl (C=O) groups is 1. The Balaban J connectivity index is 1.24. The van der Waals surface area contributed by atoms with E-state index in [1.54, 1.807) is 26.5 Å². The van der Waals surface area contributed by atoms with Gasteiger partial charge in [-0.3, -0.25) is 19.4 Å². The normalized spacial score (nSPS) is 20.1. The summed E-state index contributed by atoms with van der Waals surface area (Å²) in [7, 11) is 2.21. The van der Waals surface area contributed by atoms with Gasteiger partial charge in [0.1, 0.15) is 5.39 Å². The summed E-state index contributed by atoms with van der Waals surface area (Å²) in [5.74, 6) is 1.78. The number of rotatable bonds is 2. The molecule has 1 amide bonds. The van der Waals surface area contributed by atoms with Crippen LogP contribution in [0.15, 0.2) is 53.5 Å². The Labute approximate surface area is 242 Å². The zero-order valence-corrected chi connectivity index (χ0v) is 23.5. The molecule has 1 fully saturated rings. The number of ether oxygens (including phenoxy) is 1. The minimum Gasteiger partial charge on any atom is -0.480 e. The number of aromatic nitrogens is 5. The molecule has 214 valence electrons. The molecule has 1 aromatic carbocycles. The van der Waals surface area contributed by atoms with Gasteiger partial charge in [0, 0.05) is 30.5 Å². The average Bonchev–Trinajstić information content (AvgIpc) is 3.75. The van der Waals surface area contributed by atoms with E-state index in [4.69, 9.17) is 14.7 Å². The van der Waals surface area contributed by atoms with E-state index in [1.807, 2.05) is 12.1 Å². The number of fused-ring (bicyclic) bond motifs is 7. The Kier molecular flexibility index (Phi) is 5.72. The SMILES string of the molecule is CN1CCc2ccc(Nc3ncc4c(=O)n5n(c4n3)-c3ccc4c(n3)N(CCCC/C=C\C5)C(=O)CO4)cc2C12CC2. The Hall–Kier alpha value is -4.51. The number of hydrogen-bond acceptors (Lipinski definition) is 8. The largest absolute Gasteiger partial charge is 0.480 e. The van der Waals surface area contributed by atoms with Crippen LogP contribution in [-0.2, 0) is 23.3 Å². The summed E-state index contributed by atoms with van der Waals surface area (Å²) >= 11 is 0. The van der Waals surface area contributed by atoms with Gasteiger partial charge in [0.15, 0.2) is 29.6 Å². The van der Waals surface area contributed by atoms with E-state index in [2.05, 4.69) is 46.5 Å². The molecule has 0 unspecified atom stereocenters. The van der Waals surface area contributed by atoms with Crippen LogP contribution in [0.4, 0.5) is 17.5 Å². The maximum absolute atomic E-state index is 13.6. The highest BCUT2D eigenvalue weighted by Gasteiger charge is 2.50. The lowest BCUT2D eigenvalue weighted by Crippen LogP contribution is -2.40. The minimum absolute atomic E-state index is 0.00650. The van der Waals surface area contributed by atoms with E-state index in [0.717, 1.165) is 37.9 Å². The molecule has 6 heterocycles. The third-order valence-corrected chi connectivity index (χ3v) is 9.11. The Morgan fingerprint density at radius 3 is 2.81 bits per heavy atom. The fraction of sp³-hybridized carbons (Fsp3) is 0.387. The fourth-order valence-electron chi connectivity index (χ4n) is 6.64. The van der Waals surface area contributed by atoms with Crippen LogP contribution in [0.5, 0.6) is 5.75 Å².